The predicted octanol–water partition coefficient (Wildman–Crippen LogP) is 2.09. The van der Waals surface area contributed by atoms with E-state index in [1.165, 1.54) is 13.8 Å². The molecule has 2 rings (SSSR count). The Kier molecular flexibility index (Phi) is 5.88. The highest BCUT2D eigenvalue weighted by Crippen LogP contribution is 2.80. The van der Waals surface area contributed by atoms with Crippen LogP contribution in [0.1, 0.15) is 60.8 Å². The molecule has 0 saturated heterocycles. The van der Waals surface area contributed by atoms with Crippen LogP contribution in [0.25, 0.3) is 0 Å². The van der Waals surface area contributed by atoms with E-state index in [1.807, 2.05) is 0 Å². The number of alkyl halides is 1. The van der Waals surface area contributed by atoms with E-state index in [4.69, 9.17) is 4.74 Å². The first-order valence-electron chi connectivity index (χ1n) is 10.1. The van der Waals surface area contributed by atoms with Crippen molar-refractivity contribution in [1.82, 2.24) is 10.6 Å². The molecule has 0 radical (unpaired) electrons. The number of amides is 2. The normalized spacial score (nSPS) is 35.7. The predicted molar refractivity (Wildman–Crippen MR) is 103 cm³/mol. The highest BCUT2D eigenvalue weighted by Gasteiger charge is 2.94. The minimum absolute atomic E-state index is 0.0353. The summed E-state index contributed by atoms with van der Waals surface area (Å²) < 4.78 is 20.6. The third-order valence-corrected chi connectivity index (χ3v) is 6.62. The maximum Gasteiger partial charge on any atom is 0.408 e. The molecule has 0 bridgehead atoms. The molecule has 0 aromatic rings. The van der Waals surface area contributed by atoms with E-state index >= 15 is 4.39 Å². The van der Waals surface area contributed by atoms with E-state index in [-0.39, 0.29) is 12.8 Å². The van der Waals surface area contributed by atoms with Crippen molar-refractivity contribution in [3.63, 3.8) is 0 Å². The number of hydrogen-bond acceptors (Lipinski definition) is 5. The number of rotatable bonds is 7. The van der Waals surface area contributed by atoms with E-state index in [9.17, 15) is 29.4 Å². The molecule has 10 heteroatoms. The number of fused-ring (bicyclic) bond motifs is 1. The standard InChI is InChI=1S/C20H31FN2O7/c1-7-11-9-12-18(8-2,19(12,21)14(25)26)20(11,15(27)28)23-13(24)10(3)22-16(29)30-17(4,5)6/h10-12H,7-9H2,1-6H3,(H,22,29)(H,23,24)(H,25,26)(H,27,28)/t10-,11?,12+,18-,19-,20+/m1/s1. The highest BCUT2D eigenvalue weighted by molar-refractivity contribution is 5.97. The van der Waals surface area contributed by atoms with Gasteiger partial charge in [0, 0.05) is 5.92 Å². The Hall–Kier alpha value is -2.39. The summed E-state index contributed by atoms with van der Waals surface area (Å²) in [5.41, 5.74) is -7.40. The highest BCUT2D eigenvalue weighted by atomic mass is 19.1. The second-order valence-corrected chi connectivity index (χ2v) is 9.21. The Morgan fingerprint density at radius 1 is 1.17 bits per heavy atom. The van der Waals surface area contributed by atoms with E-state index in [0.29, 0.717) is 6.42 Å². The number of ether oxygens (including phenoxy) is 1. The lowest BCUT2D eigenvalue weighted by molar-refractivity contribution is -0.160. The van der Waals surface area contributed by atoms with Gasteiger partial charge in [0.15, 0.2) is 5.54 Å². The third kappa shape index (κ3) is 3.11. The van der Waals surface area contributed by atoms with Crippen molar-refractivity contribution >= 4 is 23.9 Å². The molecular formula is C20H31FN2O7. The summed E-state index contributed by atoms with van der Waals surface area (Å²) in [6.45, 7) is 9.52. The van der Waals surface area contributed by atoms with Crippen LogP contribution in [0.3, 0.4) is 0 Å². The van der Waals surface area contributed by atoms with Crippen molar-refractivity contribution in [3.05, 3.63) is 0 Å². The van der Waals surface area contributed by atoms with Gasteiger partial charge in [0.25, 0.3) is 0 Å². The first kappa shape index (κ1) is 23.9. The van der Waals surface area contributed by atoms with Gasteiger partial charge in [0.1, 0.15) is 11.6 Å². The van der Waals surface area contributed by atoms with E-state index in [2.05, 4.69) is 10.6 Å². The minimum atomic E-state index is -2.74. The smallest absolute Gasteiger partial charge is 0.408 e. The zero-order valence-electron chi connectivity index (χ0n) is 18.2. The molecule has 0 aromatic heterocycles. The van der Waals surface area contributed by atoms with Crippen LogP contribution in [0.4, 0.5) is 9.18 Å². The monoisotopic (exact) mass is 430 g/mol. The average molecular weight is 430 g/mol. The summed E-state index contributed by atoms with van der Waals surface area (Å²) in [6.07, 6.45) is -0.591. The SMILES string of the molecule is CCC1C[C@H]2[C@@](CC)([C@@]1(NC(=O)[C@@H](C)NC(=O)OC(C)(C)C)C(=O)O)[C@]2(F)C(=O)O. The van der Waals surface area contributed by atoms with Crippen molar-refractivity contribution < 1.29 is 38.5 Å². The molecule has 0 spiro atoms. The fourth-order valence-electron chi connectivity index (χ4n) is 5.41. The number of halogens is 1. The second-order valence-electron chi connectivity index (χ2n) is 9.21. The Morgan fingerprint density at radius 2 is 1.73 bits per heavy atom. The molecule has 2 fully saturated rings. The van der Waals surface area contributed by atoms with Crippen LogP contribution in [0.5, 0.6) is 0 Å². The molecule has 0 aromatic carbocycles. The van der Waals surface area contributed by atoms with Crippen LogP contribution in [0.2, 0.25) is 0 Å². The lowest BCUT2D eigenvalue weighted by Gasteiger charge is -2.42. The largest absolute Gasteiger partial charge is 0.479 e. The minimum Gasteiger partial charge on any atom is -0.479 e. The van der Waals surface area contributed by atoms with E-state index in [1.54, 1.807) is 27.7 Å². The molecule has 1 unspecified atom stereocenters. The number of nitrogens with one attached hydrogen (secondary N) is 2. The number of carbonyl (C=O) groups is 4. The molecule has 2 saturated carbocycles. The number of alkyl carbamates (subject to hydrolysis) is 1. The summed E-state index contributed by atoms with van der Waals surface area (Å²) in [6, 6.07) is -1.18. The summed E-state index contributed by atoms with van der Waals surface area (Å²) in [5, 5.41) is 24.4. The van der Waals surface area contributed by atoms with Gasteiger partial charge in [0.05, 0.1) is 5.41 Å². The fraction of sp³-hybridized carbons (Fsp3) is 0.800. The van der Waals surface area contributed by atoms with Gasteiger partial charge in [-0.05, 0) is 46.5 Å². The molecule has 170 valence electrons. The molecule has 2 amide bonds. The summed E-state index contributed by atoms with van der Waals surface area (Å²) in [7, 11) is 0. The van der Waals surface area contributed by atoms with Gasteiger partial charge in [-0.1, -0.05) is 20.3 Å². The molecule has 4 N–H and O–H groups in total. The number of carbonyl (C=O) groups excluding carboxylic acids is 2. The van der Waals surface area contributed by atoms with Crippen LogP contribution in [-0.4, -0.2) is 57.0 Å². The van der Waals surface area contributed by atoms with Gasteiger partial charge in [-0.15, -0.1) is 0 Å². The van der Waals surface area contributed by atoms with Gasteiger partial charge in [-0.25, -0.2) is 18.8 Å². The summed E-state index contributed by atoms with van der Waals surface area (Å²) >= 11 is 0. The van der Waals surface area contributed by atoms with E-state index in [0.717, 1.165) is 0 Å². The van der Waals surface area contributed by atoms with Gasteiger partial charge >= 0.3 is 18.0 Å². The number of aliphatic carboxylic acids is 2. The van der Waals surface area contributed by atoms with E-state index < -0.39 is 64.0 Å². The van der Waals surface area contributed by atoms with Crippen molar-refractivity contribution in [1.29, 1.82) is 0 Å². The Bertz CT molecular complexity index is 767. The maximum atomic E-state index is 15.5. The molecular weight excluding hydrogens is 399 g/mol. The van der Waals surface area contributed by atoms with Crippen LogP contribution in [0, 0.1) is 17.3 Å². The molecule has 0 aliphatic heterocycles. The first-order chi connectivity index (χ1) is 13.7. The first-order valence-corrected chi connectivity index (χ1v) is 10.1. The lowest BCUT2D eigenvalue weighted by atomic mass is 9.70. The van der Waals surface area contributed by atoms with Gasteiger partial charge < -0.3 is 25.6 Å². The zero-order valence-corrected chi connectivity index (χ0v) is 18.2. The fourth-order valence-corrected chi connectivity index (χ4v) is 5.41. The van der Waals surface area contributed by atoms with Crippen LogP contribution in [-0.2, 0) is 19.1 Å². The maximum absolute atomic E-state index is 15.5. The second kappa shape index (κ2) is 7.39. The topological polar surface area (TPSA) is 142 Å². The lowest BCUT2D eigenvalue weighted by Crippen LogP contribution is -2.67. The molecule has 2 aliphatic rings. The molecule has 30 heavy (non-hydrogen) atoms. The molecule has 0 heterocycles. The Balaban J connectivity index is 2.37. The average Bonchev–Trinajstić information content (AvgIpc) is 3.00. The van der Waals surface area contributed by atoms with Crippen molar-refractivity contribution in [2.75, 3.05) is 0 Å². The summed E-state index contributed by atoms with van der Waals surface area (Å²) in [5.74, 6) is -5.71. The molecule has 2 aliphatic carbocycles. The number of hydrogen-bond donors (Lipinski definition) is 4. The van der Waals surface area contributed by atoms with Gasteiger partial charge in [0.2, 0.25) is 11.6 Å². The quantitative estimate of drug-likeness (QED) is 0.484. The van der Waals surface area contributed by atoms with Crippen molar-refractivity contribution in [2.45, 2.75) is 83.7 Å². The Labute approximate surface area is 174 Å². The van der Waals surface area contributed by atoms with Gasteiger partial charge in [-0.2, -0.15) is 0 Å². The summed E-state index contributed by atoms with van der Waals surface area (Å²) in [4.78, 5) is 49.0. The van der Waals surface area contributed by atoms with Crippen LogP contribution < -0.4 is 10.6 Å². The van der Waals surface area contributed by atoms with Gasteiger partial charge in [-0.3, -0.25) is 4.79 Å². The van der Waals surface area contributed by atoms with Crippen LogP contribution >= 0.6 is 0 Å². The zero-order chi connectivity index (χ0) is 23.3. The van der Waals surface area contributed by atoms with Crippen molar-refractivity contribution in [3.8, 4) is 0 Å². The molecule has 6 atom stereocenters. The Morgan fingerprint density at radius 3 is 2.13 bits per heavy atom. The van der Waals surface area contributed by atoms with Crippen molar-refractivity contribution in [2.24, 2.45) is 17.3 Å². The number of carboxylic acids is 2. The van der Waals surface area contributed by atoms with Crippen LogP contribution in [0.15, 0.2) is 0 Å². The third-order valence-electron chi connectivity index (χ3n) is 6.62. The number of carboxylic acid groups (broad SMARTS) is 2. The molecule has 9 nitrogen and oxygen atoms in total.